The van der Waals surface area contributed by atoms with Gasteiger partial charge in [-0.25, -0.2) is 0 Å². The highest BCUT2D eigenvalue weighted by Gasteiger charge is 2.15. The van der Waals surface area contributed by atoms with Gasteiger partial charge in [0.1, 0.15) is 12.4 Å². The van der Waals surface area contributed by atoms with Crippen molar-refractivity contribution in [3.63, 3.8) is 0 Å². The van der Waals surface area contributed by atoms with Crippen molar-refractivity contribution >= 4 is 5.91 Å². The number of amides is 1. The first-order valence-corrected chi connectivity index (χ1v) is 8.96. The lowest BCUT2D eigenvalue weighted by atomic mass is 10.1. The molecule has 4 nitrogen and oxygen atoms in total. The van der Waals surface area contributed by atoms with Crippen LogP contribution < -0.4 is 15.4 Å². The van der Waals surface area contributed by atoms with Gasteiger partial charge in [0.15, 0.2) is 0 Å². The first-order valence-electron chi connectivity index (χ1n) is 8.96. The maximum atomic E-state index is 12.2. The standard InChI is InChI=1S/C21H26N2O2/c1-16-5-2-7-18(11-16)15-25-20-9-3-6-17(12-20)13-21(24)23-19-8-4-10-22-14-19/h2-3,5-7,9,11-12,19,22H,4,8,10,13-15H2,1H3,(H,23,24)/t19-/m0/s1. The summed E-state index contributed by atoms with van der Waals surface area (Å²) in [5.74, 6) is 0.871. The first kappa shape index (κ1) is 17.5. The van der Waals surface area contributed by atoms with Gasteiger partial charge in [0, 0.05) is 12.6 Å². The molecule has 0 aromatic heterocycles. The van der Waals surface area contributed by atoms with Crippen LogP contribution in [0.2, 0.25) is 0 Å². The Morgan fingerprint density at radius 1 is 1.20 bits per heavy atom. The molecular formula is C21H26N2O2. The van der Waals surface area contributed by atoms with Gasteiger partial charge in [-0.15, -0.1) is 0 Å². The predicted molar refractivity (Wildman–Crippen MR) is 99.7 cm³/mol. The van der Waals surface area contributed by atoms with E-state index in [2.05, 4.69) is 35.8 Å². The second kappa shape index (κ2) is 8.67. The second-order valence-electron chi connectivity index (χ2n) is 6.71. The number of aryl methyl sites for hydroxylation is 1. The molecule has 0 bridgehead atoms. The van der Waals surface area contributed by atoms with Crippen LogP contribution in [0.5, 0.6) is 5.75 Å². The molecule has 0 aliphatic carbocycles. The zero-order valence-electron chi connectivity index (χ0n) is 14.8. The molecule has 1 aliphatic heterocycles. The molecule has 3 rings (SSSR count). The largest absolute Gasteiger partial charge is 0.489 e. The maximum absolute atomic E-state index is 12.2. The molecule has 2 aromatic rings. The van der Waals surface area contributed by atoms with Crippen molar-refractivity contribution in [3.8, 4) is 5.75 Å². The van der Waals surface area contributed by atoms with Crippen LogP contribution in [-0.2, 0) is 17.8 Å². The number of piperidine rings is 1. The van der Waals surface area contributed by atoms with E-state index in [1.165, 1.54) is 5.56 Å². The lowest BCUT2D eigenvalue weighted by molar-refractivity contribution is -0.121. The van der Waals surface area contributed by atoms with Crippen LogP contribution >= 0.6 is 0 Å². The van der Waals surface area contributed by atoms with Crippen LogP contribution in [0.3, 0.4) is 0 Å². The second-order valence-corrected chi connectivity index (χ2v) is 6.71. The Balaban J connectivity index is 1.52. The minimum atomic E-state index is 0.0736. The predicted octanol–water partition coefficient (Wildman–Crippen LogP) is 2.98. The first-order chi connectivity index (χ1) is 12.2. The molecule has 132 valence electrons. The van der Waals surface area contributed by atoms with E-state index in [1.807, 2.05) is 30.3 Å². The van der Waals surface area contributed by atoms with E-state index in [-0.39, 0.29) is 11.9 Å². The van der Waals surface area contributed by atoms with E-state index < -0.39 is 0 Å². The van der Waals surface area contributed by atoms with E-state index in [1.54, 1.807) is 0 Å². The van der Waals surface area contributed by atoms with Crippen LogP contribution in [0.25, 0.3) is 0 Å². The summed E-state index contributed by atoms with van der Waals surface area (Å²) in [5, 5.41) is 6.42. The molecule has 25 heavy (non-hydrogen) atoms. The van der Waals surface area contributed by atoms with Gasteiger partial charge in [-0.1, -0.05) is 42.0 Å². The van der Waals surface area contributed by atoms with E-state index >= 15 is 0 Å². The lowest BCUT2D eigenvalue weighted by Crippen LogP contribution is -2.46. The van der Waals surface area contributed by atoms with Gasteiger partial charge >= 0.3 is 0 Å². The van der Waals surface area contributed by atoms with Crippen LogP contribution in [0.4, 0.5) is 0 Å². The molecule has 1 heterocycles. The van der Waals surface area contributed by atoms with Crippen molar-refractivity contribution in [2.24, 2.45) is 0 Å². The minimum absolute atomic E-state index is 0.0736. The zero-order chi connectivity index (χ0) is 17.5. The van der Waals surface area contributed by atoms with Crippen molar-refractivity contribution in [1.82, 2.24) is 10.6 Å². The fraction of sp³-hybridized carbons (Fsp3) is 0.381. The molecule has 1 aliphatic rings. The van der Waals surface area contributed by atoms with E-state index in [0.717, 1.165) is 42.8 Å². The Bertz CT molecular complexity index is 709. The molecule has 4 heteroatoms. The molecule has 0 unspecified atom stereocenters. The normalized spacial score (nSPS) is 17.1. The van der Waals surface area contributed by atoms with Crippen molar-refractivity contribution in [2.45, 2.75) is 38.8 Å². The monoisotopic (exact) mass is 338 g/mol. The topological polar surface area (TPSA) is 50.4 Å². The third-order valence-electron chi connectivity index (χ3n) is 4.41. The van der Waals surface area contributed by atoms with E-state index in [4.69, 9.17) is 4.74 Å². The highest BCUT2D eigenvalue weighted by Crippen LogP contribution is 2.16. The Kier molecular flexibility index (Phi) is 6.07. The summed E-state index contributed by atoms with van der Waals surface area (Å²) in [6.07, 6.45) is 2.56. The molecule has 1 saturated heterocycles. The summed E-state index contributed by atoms with van der Waals surface area (Å²) in [6, 6.07) is 16.3. The number of hydrogen-bond acceptors (Lipinski definition) is 3. The van der Waals surface area contributed by atoms with Crippen molar-refractivity contribution < 1.29 is 9.53 Å². The van der Waals surface area contributed by atoms with Gasteiger partial charge < -0.3 is 15.4 Å². The Morgan fingerprint density at radius 3 is 2.84 bits per heavy atom. The van der Waals surface area contributed by atoms with Gasteiger partial charge in [-0.05, 0) is 49.6 Å². The maximum Gasteiger partial charge on any atom is 0.224 e. The number of carbonyl (C=O) groups excluding carboxylic acids is 1. The van der Waals surface area contributed by atoms with Crippen LogP contribution in [0, 0.1) is 6.92 Å². The van der Waals surface area contributed by atoms with Gasteiger partial charge in [-0.2, -0.15) is 0 Å². The SMILES string of the molecule is Cc1cccc(COc2cccc(CC(=O)N[C@H]3CCCNC3)c2)c1. The highest BCUT2D eigenvalue weighted by atomic mass is 16.5. The van der Waals surface area contributed by atoms with E-state index in [0.29, 0.717) is 13.0 Å². The Labute approximate surface area is 149 Å². The average Bonchev–Trinajstić information content (AvgIpc) is 2.61. The molecule has 2 N–H and O–H groups in total. The Morgan fingerprint density at radius 2 is 2.04 bits per heavy atom. The molecule has 0 spiro atoms. The number of hydrogen-bond donors (Lipinski definition) is 2. The Hall–Kier alpha value is -2.33. The van der Waals surface area contributed by atoms with Crippen molar-refractivity contribution in [2.75, 3.05) is 13.1 Å². The summed E-state index contributed by atoms with van der Waals surface area (Å²) >= 11 is 0. The average molecular weight is 338 g/mol. The summed E-state index contributed by atoms with van der Waals surface area (Å²) in [5.41, 5.74) is 3.35. The fourth-order valence-electron chi connectivity index (χ4n) is 3.15. The van der Waals surface area contributed by atoms with Gasteiger partial charge in [0.2, 0.25) is 5.91 Å². The third kappa shape index (κ3) is 5.61. The van der Waals surface area contributed by atoms with Crippen LogP contribution in [-0.4, -0.2) is 25.0 Å². The molecule has 1 atom stereocenters. The number of ether oxygens (including phenoxy) is 1. The summed E-state index contributed by atoms with van der Waals surface area (Å²) in [6.45, 7) is 4.52. The van der Waals surface area contributed by atoms with Crippen molar-refractivity contribution in [3.05, 3.63) is 65.2 Å². The van der Waals surface area contributed by atoms with Gasteiger partial charge in [0.05, 0.1) is 6.42 Å². The van der Waals surface area contributed by atoms with Crippen molar-refractivity contribution in [1.29, 1.82) is 0 Å². The van der Waals surface area contributed by atoms with E-state index in [9.17, 15) is 4.79 Å². The molecular weight excluding hydrogens is 312 g/mol. The summed E-state index contributed by atoms with van der Waals surface area (Å²) in [7, 11) is 0. The fourth-order valence-corrected chi connectivity index (χ4v) is 3.15. The molecule has 0 saturated carbocycles. The van der Waals surface area contributed by atoms with Gasteiger partial charge in [-0.3, -0.25) is 4.79 Å². The zero-order valence-corrected chi connectivity index (χ0v) is 14.8. The smallest absolute Gasteiger partial charge is 0.224 e. The minimum Gasteiger partial charge on any atom is -0.489 e. The lowest BCUT2D eigenvalue weighted by Gasteiger charge is -2.23. The molecule has 1 amide bonds. The summed E-state index contributed by atoms with van der Waals surface area (Å²) in [4.78, 5) is 12.2. The third-order valence-corrected chi connectivity index (χ3v) is 4.41. The number of rotatable bonds is 6. The number of nitrogens with one attached hydrogen (secondary N) is 2. The highest BCUT2D eigenvalue weighted by molar-refractivity contribution is 5.79. The van der Waals surface area contributed by atoms with Gasteiger partial charge in [0.25, 0.3) is 0 Å². The quantitative estimate of drug-likeness (QED) is 0.851. The molecule has 1 fully saturated rings. The number of benzene rings is 2. The van der Waals surface area contributed by atoms with Crippen LogP contribution in [0.15, 0.2) is 48.5 Å². The molecule has 0 radical (unpaired) electrons. The number of carbonyl (C=O) groups is 1. The summed E-state index contributed by atoms with van der Waals surface area (Å²) < 4.78 is 5.88. The van der Waals surface area contributed by atoms with Crippen LogP contribution in [0.1, 0.15) is 29.5 Å². The molecule has 2 aromatic carbocycles.